The van der Waals surface area contributed by atoms with E-state index >= 15 is 0 Å². The van der Waals surface area contributed by atoms with Gasteiger partial charge in [-0.1, -0.05) is 37.2 Å². The summed E-state index contributed by atoms with van der Waals surface area (Å²) < 4.78 is 0. The summed E-state index contributed by atoms with van der Waals surface area (Å²) in [5, 5.41) is 7.96. The van der Waals surface area contributed by atoms with Crippen LogP contribution in [-0.2, 0) is 0 Å². The largest absolute Gasteiger partial charge is 0.267 e. The maximum Gasteiger partial charge on any atom is 0.186 e. The van der Waals surface area contributed by atoms with E-state index < -0.39 is 8.07 Å². The molecule has 0 bridgehead atoms. The number of hydrogen-bond donors (Lipinski definition) is 1. The number of aromatic nitrogens is 4. The molecule has 16 heavy (non-hydrogen) atoms. The van der Waals surface area contributed by atoms with Gasteiger partial charge in [0.1, 0.15) is 25.2 Å². The Morgan fingerprint density at radius 2 is 2.06 bits per heavy atom. The second-order valence-electron chi connectivity index (χ2n) is 4.46. The van der Waals surface area contributed by atoms with Crippen LogP contribution in [0.2, 0.25) is 24.8 Å². The first-order valence-corrected chi connectivity index (χ1v) is 8.73. The highest BCUT2D eigenvalue weighted by Crippen LogP contribution is 2.20. The van der Waals surface area contributed by atoms with Crippen LogP contribution in [0.25, 0.3) is 11.0 Å². The molecule has 82 valence electrons. The Morgan fingerprint density at radius 1 is 1.31 bits per heavy atom. The van der Waals surface area contributed by atoms with Gasteiger partial charge in [0.15, 0.2) is 5.65 Å². The number of hydrogen-bond acceptors (Lipinski definition) is 3. The zero-order valence-corrected chi connectivity index (χ0v) is 11.1. The number of aromatic amines is 1. The molecule has 0 aromatic carbocycles. The molecule has 0 amide bonds. The van der Waals surface area contributed by atoms with E-state index in [0.717, 1.165) is 0 Å². The minimum Gasteiger partial charge on any atom is -0.267 e. The summed E-state index contributed by atoms with van der Waals surface area (Å²) in [5.41, 5.74) is 4.50. The van der Waals surface area contributed by atoms with Gasteiger partial charge in [-0.05, 0) is 0 Å². The van der Waals surface area contributed by atoms with Crippen molar-refractivity contribution in [3.63, 3.8) is 0 Å². The van der Waals surface area contributed by atoms with Crippen LogP contribution in [0.4, 0.5) is 0 Å². The quantitative estimate of drug-likeness (QED) is 0.443. The van der Waals surface area contributed by atoms with Crippen LogP contribution in [0.5, 0.6) is 0 Å². The van der Waals surface area contributed by atoms with Crippen LogP contribution < -0.4 is 0 Å². The Hall–Kier alpha value is -1.38. The van der Waals surface area contributed by atoms with E-state index in [4.69, 9.17) is 11.6 Å². The first-order chi connectivity index (χ1) is 7.47. The number of halogens is 1. The number of nitrogens with one attached hydrogen (secondary N) is 1. The molecule has 0 atom stereocenters. The molecule has 0 aliphatic carbocycles. The zero-order chi connectivity index (χ0) is 11.8. The number of H-pyrrole nitrogens is 1. The Labute approximate surface area is 99.5 Å². The third kappa shape index (κ3) is 2.23. The van der Waals surface area contributed by atoms with E-state index in [1.165, 1.54) is 6.33 Å². The molecular formula is C10H11ClN4Si. The van der Waals surface area contributed by atoms with Gasteiger partial charge in [0.05, 0.1) is 5.39 Å². The van der Waals surface area contributed by atoms with Gasteiger partial charge in [0, 0.05) is 0 Å². The normalized spacial score (nSPS) is 11.2. The van der Waals surface area contributed by atoms with Crippen LogP contribution in [0.1, 0.15) is 5.69 Å². The van der Waals surface area contributed by atoms with Crippen molar-refractivity contribution >= 4 is 30.7 Å². The summed E-state index contributed by atoms with van der Waals surface area (Å²) in [7, 11) is -1.41. The molecule has 0 saturated heterocycles. The zero-order valence-electron chi connectivity index (χ0n) is 9.30. The average Bonchev–Trinajstić information content (AvgIpc) is 2.58. The first kappa shape index (κ1) is 11.1. The fourth-order valence-corrected chi connectivity index (χ4v) is 1.88. The SMILES string of the molecule is C[Si](C)(C)C#Cc1[nH]nc2ncnc(Cl)c12. The number of fused-ring (bicyclic) bond motifs is 1. The topological polar surface area (TPSA) is 54.5 Å². The smallest absolute Gasteiger partial charge is 0.186 e. The lowest BCUT2D eigenvalue weighted by Crippen LogP contribution is -2.16. The Bertz CT molecular complexity index is 588. The van der Waals surface area contributed by atoms with E-state index in [-0.39, 0.29) is 0 Å². The van der Waals surface area contributed by atoms with E-state index in [9.17, 15) is 0 Å². The summed E-state index contributed by atoms with van der Waals surface area (Å²) in [6.45, 7) is 6.53. The van der Waals surface area contributed by atoms with Crippen LogP contribution >= 0.6 is 11.6 Å². The van der Waals surface area contributed by atoms with E-state index in [2.05, 4.69) is 51.3 Å². The van der Waals surface area contributed by atoms with E-state index in [0.29, 0.717) is 21.9 Å². The molecule has 2 aromatic heterocycles. The molecule has 0 saturated carbocycles. The summed E-state index contributed by atoms with van der Waals surface area (Å²) in [5.74, 6) is 3.08. The van der Waals surface area contributed by atoms with Crippen molar-refractivity contribution in [3.8, 4) is 11.5 Å². The predicted molar refractivity (Wildman–Crippen MR) is 66.9 cm³/mol. The lowest BCUT2D eigenvalue weighted by Gasteiger charge is -2.02. The molecule has 0 spiro atoms. The molecule has 0 aliphatic heterocycles. The molecule has 2 aromatic rings. The van der Waals surface area contributed by atoms with Crippen molar-refractivity contribution in [1.29, 1.82) is 0 Å². The van der Waals surface area contributed by atoms with Crippen molar-refractivity contribution in [2.75, 3.05) is 0 Å². The van der Waals surface area contributed by atoms with Crippen LogP contribution in [0, 0.1) is 11.5 Å². The Morgan fingerprint density at radius 3 is 2.75 bits per heavy atom. The lowest BCUT2D eigenvalue weighted by molar-refractivity contribution is 1.08. The van der Waals surface area contributed by atoms with E-state index in [1.54, 1.807) is 0 Å². The van der Waals surface area contributed by atoms with Gasteiger partial charge in [0.25, 0.3) is 0 Å². The minimum atomic E-state index is -1.41. The third-order valence-corrected chi connectivity index (χ3v) is 3.03. The van der Waals surface area contributed by atoms with Crippen LogP contribution in [0.15, 0.2) is 6.33 Å². The van der Waals surface area contributed by atoms with Crippen molar-refractivity contribution in [2.24, 2.45) is 0 Å². The molecule has 1 N–H and O–H groups in total. The second kappa shape index (κ2) is 3.89. The fourth-order valence-electron chi connectivity index (χ4n) is 1.16. The molecular weight excluding hydrogens is 240 g/mol. The maximum atomic E-state index is 5.99. The molecule has 4 nitrogen and oxygen atoms in total. The van der Waals surface area contributed by atoms with Crippen molar-refractivity contribution in [1.82, 2.24) is 20.2 Å². The molecule has 0 radical (unpaired) electrons. The molecule has 6 heteroatoms. The summed E-state index contributed by atoms with van der Waals surface area (Å²) in [6, 6.07) is 0. The fraction of sp³-hybridized carbons (Fsp3) is 0.300. The molecule has 0 unspecified atom stereocenters. The molecule has 0 fully saturated rings. The highest BCUT2D eigenvalue weighted by Gasteiger charge is 2.11. The number of nitrogens with zero attached hydrogens (tertiary/aromatic N) is 3. The Kier molecular flexibility index (Phi) is 2.70. The average molecular weight is 251 g/mol. The van der Waals surface area contributed by atoms with Gasteiger partial charge >= 0.3 is 0 Å². The standard InChI is InChI=1S/C10H11ClN4Si/c1-16(2,3)5-4-7-8-9(11)12-6-13-10(8)15-14-7/h6H,1-3H3,(H,12,13,14,15). The highest BCUT2D eigenvalue weighted by molar-refractivity contribution is 6.83. The third-order valence-electron chi connectivity index (χ3n) is 1.87. The maximum absolute atomic E-state index is 5.99. The Balaban J connectivity index is 2.57. The van der Waals surface area contributed by atoms with Gasteiger partial charge in [-0.3, -0.25) is 5.10 Å². The van der Waals surface area contributed by atoms with Crippen LogP contribution in [0.3, 0.4) is 0 Å². The summed E-state index contributed by atoms with van der Waals surface area (Å²) in [4.78, 5) is 7.94. The summed E-state index contributed by atoms with van der Waals surface area (Å²) >= 11 is 5.99. The first-order valence-electron chi connectivity index (χ1n) is 4.85. The van der Waals surface area contributed by atoms with Gasteiger partial charge < -0.3 is 0 Å². The van der Waals surface area contributed by atoms with E-state index in [1.807, 2.05) is 0 Å². The van der Waals surface area contributed by atoms with Crippen molar-refractivity contribution < 1.29 is 0 Å². The van der Waals surface area contributed by atoms with Gasteiger partial charge in [-0.15, -0.1) is 5.54 Å². The summed E-state index contributed by atoms with van der Waals surface area (Å²) in [6.07, 6.45) is 1.39. The molecule has 0 aliphatic rings. The van der Waals surface area contributed by atoms with Gasteiger partial charge in [-0.2, -0.15) is 5.10 Å². The predicted octanol–water partition coefficient (Wildman–Crippen LogP) is 2.24. The van der Waals surface area contributed by atoms with Gasteiger partial charge in [0.2, 0.25) is 0 Å². The highest BCUT2D eigenvalue weighted by atomic mass is 35.5. The number of rotatable bonds is 0. The van der Waals surface area contributed by atoms with Gasteiger partial charge in [-0.25, -0.2) is 9.97 Å². The molecule has 2 rings (SSSR count). The molecule has 2 heterocycles. The lowest BCUT2D eigenvalue weighted by atomic mass is 10.3. The minimum absolute atomic E-state index is 0.388. The van der Waals surface area contributed by atoms with Crippen molar-refractivity contribution in [3.05, 3.63) is 17.2 Å². The second-order valence-corrected chi connectivity index (χ2v) is 9.57. The monoisotopic (exact) mass is 250 g/mol. The van der Waals surface area contributed by atoms with Crippen molar-refractivity contribution in [2.45, 2.75) is 19.6 Å². The van der Waals surface area contributed by atoms with Crippen LogP contribution in [-0.4, -0.2) is 28.2 Å².